The molecule has 9 aromatic carbocycles. The van der Waals surface area contributed by atoms with Gasteiger partial charge in [0.15, 0.2) is 0 Å². The Bertz CT molecular complexity index is 2650. The molecule has 0 saturated heterocycles. The van der Waals surface area contributed by atoms with E-state index in [-0.39, 0.29) is 0 Å². The molecule has 1 radical (unpaired) electrons. The Morgan fingerprint density at radius 1 is 0.250 bits per heavy atom. The van der Waals surface area contributed by atoms with Gasteiger partial charge in [0.1, 0.15) is 0 Å². The van der Waals surface area contributed by atoms with Gasteiger partial charge < -0.3 is 12.3 Å². The summed E-state index contributed by atoms with van der Waals surface area (Å²) < 4.78 is 26.6. The molecule has 68 heavy (non-hydrogen) atoms. The van der Waals surface area contributed by atoms with Crippen LogP contribution in [0.15, 0.2) is 273 Å². The van der Waals surface area contributed by atoms with Crippen LogP contribution in [0.2, 0.25) is 6.04 Å². The van der Waals surface area contributed by atoms with E-state index in [0.29, 0.717) is 0 Å². The first-order valence-corrected chi connectivity index (χ1v) is 31.7. The topological polar surface area (TPSA) is 27.7 Å². The van der Waals surface area contributed by atoms with Crippen molar-refractivity contribution in [1.29, 1.82) is 0 Å². The molecule has 337 valence electrons. The van der Waals surface area contributed by atoms with Crippen molar-refractivity contribution in [2.24, 2.45) is 0 Å². The molecule has 0 heterocycles. The smallest absolute Gasteiger partial charge is 0.389 e. The average molecular weight is 952 g/mol. The van der Waals surface area contributed by atoms with Crippen LogP contribution in [0.3, 0.4) is 0 Å². The molecule has 0 amide bonds. The van der Waals surface area contributed by atoms with Gasteiger partial charge in [0, 0.05) is 0 Å². The number of rotatable bonds is 21. The van der Waals surface area contributed by atoms with E-state index in [2.05, 4.69) is 280 Å². The summed E-state index contributed by atoms with van der Waals surface area (Å²) in [5.74, 6) is 0. The van der Waals surface area contributed by atoms with E-state index in [4.69, 9.17) is 12.3 Å². The highest BCUT2D eigenvalue weighted by Crippen LogP contribution is 2.29. The Kier molecular flexibility index (Phi) is 15.3. The summed E-state index contributed by atoms with van der Waals surface area (Å²) in [6.07, 6.45) is 5.28. The summed E-state index contributed by atoms with van der Waals surface area (Å²) in [4.78, 5) is 0. The van der Waals surface area contributed by atoms with Crippen molar-refractivity contribution < 1.29 is 12.3 Å². The zero-order chi connectivity index (χ0) is 46.4. The molecule has 0 aromatic heterocycles. The second-order valence-electron chi connectivity index (χ2n) is 17.4. The average Bonchev–Trinajstić information content (AvgIpc) is 3.43. The van der Waals surface area contributed by atoms with Crippen LogP contribution in [0.1, 0.15) is 32.1 Å². The van der Waals surface area contributed by atoms with E-state index in [1.807, 2.05) is 0 Å². The van der Waals surface area contributed by atoms with Gasteiger partial charge in [-0.1, -0.05) is 312 Å². The molecule has 0 aliphatic rings. The second kappa shape index (κ2) is 22.2. The first-order valence-electron chi connectivity index (χ1n) is 24.0. The highest BCUT2D eigenvalue weighted by Gasteiger charge is 2.61. The van der Waals surface area contributed by atoms with Crippen molar-refractivity contribution in [1.82, 2.24) is 0 Å². The molecule has 0 atom stereocenters. The van der Waals surface area contributed by atoms with E-state index >= 15 is 0 Å². The Morgan fingerprint density at radius 3 is 0.794 bits per heavy atom. The summed E-state index contributed by atoms with van der Waals surface area (Å²) in [6.45, 7) is 4.18. The van der Waals surface area contributed by atoms with Gasteiger partial charge in [-0.15, -0.1) is 0 Å². The van der Waals surface area contributed by atoms with Gasteiger partial charge >= 0.3 is 17.1 Å². The molecule has 0 aliphatic heterocycles. The summed E-state index contributed by atoms with van der Waals surface area (Å²) in [6, 6.07) is 99.2. The molecule has 9 rings (SSSR count). The lowest BCUT2D eigenvalue weighted by molar-refractivity contribution is 0.359. The molecule has 7 heteroatoms. The maximum absolute atomic E-state index is 8.93. The monoisotopic (exact) mass is 951 g/mol. The maximum atomic E-state index is 8.93. The fourth-order valence-electron chi connectivity index (χ4n) is 9.78. The third kappa shape index (κ3) is 9.70. The van der Waals surface area contributed by atoms with Crippen LogP contribution in [0.25, 0.3) is 0 Å². The number of unbranched alkanes of at least 4 members (excludes halogenated alkanes) is 4. The summed E-state index contributed by atoms with van der Waals surface area (Å²) in [7, 11) is -14.9. The van der Waals surface area contributed by atoms with Crippen molar-refractivity contribution in [2.45, 2.75) is 38.1 Å². The first-order chi connectivity index (χ1) is 33.6. The van der Waals surface area contributed by atoms with Crippen molar-refractivity contribution in [3.63, 3.8) is 0 Å². The Labute approximate surface area is 408 Å². The highest BCUT2D eigenvalue weighted by atomic mass is 28.5. The zero-order valence-electron chi connectivity index (χ0n) is 38.7. The quantitative estimate of drug-likeness (QED) is 0.0410. The van der Waals surface area contributed by atoms with E-state index in [9.17, 15) is 0 Å². The van der Waals surface area contributed by atoms with Crippen LogP contribution >= 0.6 is 0 Å². The maximum Gasteiger partial charge on any atom is 0.389 e. The Morgan fingerprint density at radius 2 is 0.500 bits per heavy atom. The molecule has 0 bridgehead atoms. The fraction of sp³-hybridized carbons (Fsp3) is 0.0984. The summed E-state index contributed by atoms with van der Waals surface area (Å²) in [5, 5.41) is 9.95. The minimum atomic E-state index is -4.07. The molecule has 3 nitrogen and oxygen atoms in total. The molecule has 0 N–H and O–H groups in total. The van der Waals surface area contributed by atoms with Crippen LogP contribution in [0.4, 0.5) is 0 Å². The number of hydrogen-bond donors (Lipinski definition) is 0. The van der Waals surface area contributed by atoms with Crippen LogP contribution in [0, 0.1) is 6.92 Å². The Hall–Kier alpha value is -6.27. The first kappa shape index (κ1) is 46.8. The summed E-state index contributed by atoms with van der Waals surface area (Å²) in [5.41, 5.74) is 0. The van der Waals surface area contributed by atoms with Gasteiger partial charge in [0.2, 0.25) is 8.32 Å². The lowest BCUT2D eigenvalue weighted by Crippen LogP contribution is -2.83. The van der Waals surface area contributed by atoms with Gasteiger partial charge in [0.25, 0.3) is 8.32 Å². The number of benzene rings is 9. The lowest BCUT2D eigenvalue weighted by Gasteiger charge is -2.49. The van der Waals surface area contributed by atoms with Crippen molar-refractivity contribution in [3.05, 3.63) is 280 Å². The van der Waals surface area contributed by atoms with Crippen LogP contribution in [-0.4, -0.2) is 33.8 Å². The predicted octanol–water partition coefficient (Wildman–Crippen LogP) is 8.76. The summed E-state index contributed by atoms with van der Waals surface area (Å²) >= 11 is 0. The molecular weight excluding hydrogens is 893 g/mol. The molecule has 0 saturated carbocycles. The molecule has 9 aromatic rings. The molecule has 0 unspecified atom stereocenters. The lowest BCUT2D eigenvalue weighted by atomic mass is 10.2. The van der Waals surface area contributed by atoms with Gasteiger partial charge in [-0.2, -0.15) is 0 Å². The van der Waals surface area contributed by atoms with Gasteiger partial charge in [0.05, 0.1) is 0 Å². The van der Waals surface area contributed by atoms with Gasteiger partial charge in [-0.25, -0.2) is 0 Å². The van der Waals surface area contributed by atoms with Crippen LogP contribution in [-0.2, 0) is 12.3 Å². The van der Waals surface area contributed by atoms with Gasteiger partial charge in [-0.05, 0) is 52.7 Å². The van der Waals surface area contributed by atoms with Crippen molar-refractivity contribution in [3.8, 4) is 0 Å². The minimum Gasteiger partial charge on any atom is -0.422 e. The molecular formula is C61H59O3Si4. The Balaban J connectivity index is 1.41. The number of hydrogen-bond acceptors (Lipinski definition) is 3. The molecule has 0 fully saturated rings. The van der Waals surface area contributed by atoms with E-state index in [0.717, 1.165) is 74.5 Å². The highest BCUT2D eigenvalue weighted by molar-refractivity contribution is 7.16. The van der Waals surface area contributed by atoms with Gasteiger partial charge in [-0.3, -0.25) is 0 Å². The van der Waals surface area contributed by atoms with E-state index in [1.54, 1.807) is 0 Å². The molecule has 0 spiro atoms. The third-order valence-corrected chi connectivity index (χ3v) is 31.7. The van der Waals surface area contributed by atoms with Crippen LogP contribution in [0.5, 0.6) is 0 Å². The van der Waals surface area contributed by atoms with E-state index in [1.165, 1.54) is 10.4 Å². The third-order valence-electron chi connectivity index (χ3n) is 13.1. The van der Waals surface area contributed by atoms with Crippen molar-refractivity contribution in [2.75, 3.05) is 0 Å². The van der Waals surface area contributed by atoms with Crippen molar-refractivity contribution >= 4 is 80.4 Å². The largest absolute Gasteiger partial charge is 0.422 e. The van der Waals surface area contributed by atoms with Crippen LogP contribution < -0.4 is 46.7 Å². The SMILES string of the molecule is [CH2]CCCCCC[Si](O[Si](O[Si](O[Si](c1ccccc1)(c1ccccc1)c1ccccc1)(c1ccccc1)c1ccccc1)(c1ccccc1)c1ccccc1)(c1ccccc1)c1ccccc1. The second-order valence-corrected chi connectivity index (χ2v) is 31.0. The standard InChI is InChI=1S/C61H59O3Si4/c1-2-3-4-5-33-52-65(53-34-15-6-16-35-53,54-36-17-7-18-37-54)62-67(58-44-25-11-26-45-58,59-46-27-12-28-47-59)64-68(60-48-29-13-30-49-60,61-50-31-14-32-51-61)63-66(55-38-19-8-20-39-55,56-40-21-9-22-41-56)57-42-23-10-24-43-57/h6-32,34-51H,1-5,33,52H2. The minimum absolute atomic E-state index is 0.874. The normalized spacial score (nSPS) is 12.1. The molecule has 0 aliphatic carbocycles. The van der Waals surface area contributed by atoms with E-state index < -0.39 is 33.8 Å². The zero-order valence-corrected chi connectivity index (χ0v) is 42.7. The predicted molar refractivity (Wildman–Crippen MR) is 294 cm³/mol. The fourth-order valence-corrected chi connectivity index (χ4v) is 32.0.